The Balaban J connectivity index is 2.40. The SMILES string of the molecule is C[C@H]1CCc2[nH]ncc2-c2[nH]c(=O)c(C(=O)O)c(O)c21. The number of hydrogen-bond acceptors (Lipinski definition) is 4. The Morgan fingerprint density at radius 2 is 2.25 bits per heavy atom. The van der Waals surface area contributed by atoms with Gasteiger partial charge in [-0.25, -0.2) is 4.79 Å². The molecule has 20 heavy (non-hydrogen) atoms. The molecule has 1 aliphatic carbocycles. The molecule has 0 saturated carbocycles. The van der Waals surface area contributed by atoms with Gasteiger partial charge in [-0.05, 0) is 18.8 Å². The average Bonchev–Trinajstić information content (AvgIpc) is 2.78. The lowest BCUT2D eigenvalue weighted by atomic mass is 9.94. The summed E-state index contributed by atoms with van der Waals surface area (Å²) in [4.78, 5) is 25.6. The number of nitrogens with zero attached hydrogens (tertiary/aromatic N) is 1. The Kier molecular flexibility index (Phi) is 2.63. The molecule has 2 aromatic rings. The minimum atomic E-state index is -1.43. The van der Waals surface area contributed by atoms with Crippen molar-refractivity contribution in [2.24, 2.45) is 0 Å². The molecule has 0 saturated heterocycles. The summed E-state index contributed by atoms with van der Waals surface area (Å²) in [6.45, 7) is 1.89. The number of aryl methyl sites for hydroxylation is 1. The molecule has 0 amide bonds. The summed E-state index contributed by atoms with van der Waals surface area (Å²) >= 11 is 0. The number of hydrogen-bond donors (Lipinski definition) is 4. The second-order valence-electron chi connectivity index (χ2n) is 4.97. The largest absolute Gasteiger partial charge is 0.506 e. The summed E-state index contributed by atoms with van der Waals surface area (Å²) in [5.74, 6) is -1.95. The molecule has 1 atom stereocenters. The number of fused-ring (bicyclic) bond motifs is 3. The van der Waals surface area contributed by atoms with E-state index in [0.29, 0.717) is 16.8 Å². The van der Waals surface area contributed by atoms with Crippen molar-refractivity contribution in [2.45, 2.75) is 25.7 Å². The number of carboxylic acids is 1. The van der Waals surface area contributed by atoms with Crippen LogP contribution in [-0.2, 0) is 6.42 Å². The Bertz CT molecular complexity index is 759. The van der Waals surface area contributed by atoms with Crippen LogP contribution in [0.25, 0.3) is 11.3 Å². The van der Waals surface area contributed by atoms with Crippen LogP contribution in [0.3, 0.4) is 0 Å². The third-order valence-electron chi connectivity index (χ3n) is 3.75. The lowest BCUT2D eigenvalue weighted by Gasteiger charge is -2.15. The molecule has 0 aliphatic heterocycles. The minimum absolute atomic E-state index is 0.0688. The van der Waals surface area contributed by atoms with Gasteiger partial charge in [-0.2, -0.15) is 5.10 Å². The Morgan fingerprint density at radius 1 is 1.50 bits per heavy atom. The number of nitrogens with one attached hydrogen (secondary N) is 2. The van der Waals surface area contributed by atoms with Gasteiger partial charge in [0.2, 0.25) is 0 Å². The summed E-state index contributed by atoms with van der Waals surface area (Å²) in [6, 6.07) is 0. The minimum Gasteiger partial charge on any atom is -0.506 e. The second kappa shape index (κ2) is 4.22. The van der Waals surface area contributed by atoms with Crippen LogP contribution in [0.15, 0.2) is 11.0 Å². The smallest absolute Gasteiger partial charge is 0.345 e. The fraction of sp³-hybridized carbons (Fsp3) is 0.308. The van der Waals surface area contributed by atoms with Gasteiger partial charge in [0.05, 0.1) is 11.9 Å². The molecular weight excluding hydrogens is 262 g/mol. The number of H-pyrrole nitrogens is 2. The Hall–Kier alpha value is -2.57. The predicted octanol–water partition coefficient (Wildman–Crippen LogP) is 1.22. The number of carboxylic acid groups (broad SMARTS) is 1. The fourth-order valence-electron chi connectivity index (χ4n) is 2.72. The van der Waals surface area contributed by atoms with Gasteiger partial charge in [-0.1, -0.05) is 6.92 Å². The first-order valence-electron chi connectivity index (χ1n) is 6.25. The van der Waals surface area contributed by atoms with Gasteiger partial charge >= 0.3 is 5.97 Å². The van der Waals surface area contributed by atoms with E-state index in [1.165, 1.54) is 0 Å². The van der Waals surface area contributed by atoms with Crippen molar-refractivity contribution in [3.05, 3.63) is 33.4 Å². The third-order valence-corrected chi connectivity index (χ3v) is 3.75. The third kappa shape index (κ3) is 1.63. The standard InChI is InChI=1S/C13H13N3O4/c1-5-2-3-7-6(4-14-16-7)10-8(5)11(17)9(13(19)20)12(18)15-10/h4-5H,2-3H2,1H3,(H,14,16)(H,19,20)(H2,15,17,18)/t5-/m0/s1. The topological polar surface area (TPSA) is 119 Å². The zero-order valence-electron chi connectivity index (χ0n) is 10.7. The number of pyridine rings is 1. The van der Waals surface area contributed by atoms with E-state index in [1.54, 1.807) is 6.20 Å². The quantitative estimate of drug-likeness (QED) is 0.624. The highest BCUT2D eigenvalue weighted by atomic mass is 16.4. The normalized spacial score (nSPS) is 17.1. The van der Waals surface area contributed by atoms with Crippen LogP contribution in [0.4, 0.5) is 0 Å². The molecule has 7 nitrogen and oxygen atoms in total. The van der Waals surface area contributed by atoms with Crippen molar-refractivity contribution in [2.75, 3.05) is 0 Å². The van der Waals surface area contributed by atoms with Crippen LogP contribution in [-0.4, -0.2) is 31.4 Å². The van der Waals surface area contributed by atoms with Crippen LogP contribution in [0.2, 0.25) is 0 Å². The molecule has 7 heteroatoms. The molecule has 0 bridgehead atoms. The number of aromatic carboxylic acids is 1. The van der Waals surface area contributed by atoms with E-state index in [9.17, 15) is 14.7 Å². The van der Waals surface area contributed by atoms with Crippen molar-refractivity contribution in [1.29, 1.82) is 0 Å². The van der Waals surface area contributed by atoms with E-state index in [1.807, 2.05) is 6.92 Å². The van der Waals surface area contributed by atoms with E-state index in [2.05, 4.69) is 15.2 Å². The molecular formula is C13H13N3O4. The molecule has 0 unspecified atom stereocenters. The summed E-state index contributed by atoms with van der Waals surface area (Å²) in [5.41, 5.74) is 1.06. The van der Waals surface area contributed by atoms with Gasteiger partial charge in [-0.3, -0.25) is 9.89 Å². The first-order valence-corrected chi connectivity index (χ1v) is 6.25. The first kappa shape index (κ1) is 12.5. The second-order valence-corrected chi connectivity index (χ2v) is 4.97. The number of carbonyl (C=O) groups is 1. The number of aromatic nitrogens is 3. The van der Waals surface area contributed by atoms with Crippen LogP contribution in [0.1, 0.15) is 40.9 Å². The van der Waals surface area contributed by atoms with Gasteiger partial charge in [0.1, 0.15) is 5.75 Å². The average molecular weight is 275 g/mol. The molecule has 104 valence electrons. The molecule has 4 N–H and O–H groups in total. The van der Waals surface area contributed by atoms with Crippen molar-refractivity contribution >= 4 is 5.97 Å². The molecule has 2 aromatic heterocycles. The monoisotopic (exact) mass is 275 g/mol. The number of rotatable bonds is 1. The van der Waals surface area contributed by atoms with Crippen LogP contribution >= 0.6 is 0 Å². The Labute approximate surface area is 113 Å². The van der Waals surface area contributed by atoms with E-state index in [0.717, 1.165) is 18.5 Å². The van der Waals surface area contributed by atoms with E-state index >= 15 is 0 Å². The highest BCUT2D eigenvalue weighted by Crippen LogP contribution is 2.40. The van der Waals surface area contributed by atoms with E-state index in [4.69, 9.17) is 5.11 Å². The van der Waals surface area contributed by atoms with Gasteiger partial charge in [0.25, 0.3) is 5.56 Å². The molecule has 0 radical (unpaired) electrons. The maximum atomic E-state index is 11.9. The van der Waals surface area contributed by atoms with Crippen molar-refractivity contribution in [1.82, 2.24) is 15.2 Å². The number of aromatic hydroxyl groups is 1. The maximum Gasteiger partial charge on any atom is 0.345 e. The lowest BCUT2D eigenvalue weighted by molar-refractivity contribution is 0.0691. The first-order chi connectivity index (χ1) is 9.50. The van der Waals surface area contributed by atoms with E-state index < -0.39 is 22.8 Å². The van der Waals surface area contributed by atoms with Crippen molar-refractivity contribution in [3.8, 4) is 17.0 Å². The molecule has 0 aromatic carbocycles. The van der Waals surface area contributed by atoms with Crippen LogP contribution in [0, 0.1) is 0 Å². The lowest BCUT2D eigenvalue weighted by Crippen LogP contribution is -2.20. The Morgan fingerprint density at radius 3 is 2.95 bits per heavy atom. The van der Waals surface area contributed by atoms with Gasteiger partial charge in [0, 0.05) is 16.8 Å². The summed E-state index contributed by atoms with van der Waals surface area (Å²) in [7, 11) is 0. The fourth-order valence-corrected chi connectivity index (χ4v) is 2.72. The summed E-state index contributed by atoms with van der Waals surface area (Å²) < 4.78 is 0. The molecule has 0 fully saturated rings. The maximum absolute atomic E-state index is 11.9. The van der Waals surface area contributed by atoms with Gasteiger partial charge in [-0.15, -0.1) is 0 Å². The molecule has 3 rings (SSSR count). The summed E-state index contributed by atoms with van der Waals surface area (Å²) in [5, 5.41) is 26.1. The van der Waals surface area contributed by atoms with Crippen LogP contribution in [0.5, 0.6) is 5.75 Å². The zero-order chi connectivity index (χ0) is 14.4. The zero-order valence-corrected chi connectivity index (χ0v) is 10.7. The van der Waals surface area contributed by atoms with Gasteiger partial charge in [0.15, 0.2) is 5.56 Å². The highest BCUT2D eigenvalue weighted by molar-refractivity contribution is 5.92. The van der Waals surface area contributed by atoms with Gasteiger partial charge < -0.3 is 15.2 Å². The molecule has 0 spiro atoms. The van der Waals surface area contributed by atoms with Crippen LogP contribution < -0.4 is 5.56 Å². The van der Waals surface area contributed by atoms with Crippen molar-refractivity contribution < 1.29 is 15.0 Å². The van der Waals surface area contributed by atoms with Crippen molar-refractivity contribution in [3.63, 3.8) is 0 Å². The highest BCUT2D eigenvalue weighted by Gasteiger charge is 2.29. The van der Waals surface area contributed by atoms with E-state index in [-0.39, 0.29) is 5.92 Å². The number of aromatic amines is 2. The predicted molar refractivity (Wildman–Crippen MR) is 70.0 cm³/mol. The summed E-state index contributed by atoms with van der Waals surface area (Å²) in [6.07, 6.45) is 3.01. The molecule has 2 heterocycles. The molecule has 1 aliphatic rings.